The fourth-order valence-corrected chi connectivity index (χ4v) is 2.73. The molecule has 2 nitrogen and oxygen atoms in total. The first-order valence-corrected chi connectivity index (χ1v) is 7.41. The fraction of sp³-hybridized carbons (Fsp3) is 1.00. The Labute approximate surface area is 108 Å². The van der Waals surface area contributed by atoms with Gasteiger partial charge in [0.2, 0.25) is 0 Å². The van der Waals surface area contributed by atoms with E-state index in [9.17, 15) is 0 Å². The lowest BCUT2D eigenvalue weighted by Crippen LogP contribution is -2.26. The molecule has 0 radical (unpaired) electrons. The van der Waals surface area contributed by atoms with E-state index in [1.165, 1.54) is 58.3 Å². The number of likely N-dealkylation sites (tertiary alicyclic amines) is 1. The van der Waals surface area contributed by atoms with Gasteiger partial charge >= 0.3 is 0 Å². The van der Waals surface area contributed by atoms with Crippen LogP contribution in [0.5, 0.6) is 0 Å². The van der Waals surface area contributed by atoms with E-state index in [0.29, 0.717) is 5.41 Å². The molecular weight excluding hydrogens is 208 g/mol. The molecule has 1 fully saturated rings. The number of hydrogen-bond donors (Lipinski definition) is 1. The van der Waals surface area contributed by atoms with Gasteiger partial charge in [-0.15, -0.1) is 0 Å². The van der Waals surface area contributed by atoms with Crippen molar-refractivity contribution in [2.24, 2.45) is 11.3 Å². The van der Waals surface area contributed by atoms with E-state index in [0.717, 1.165) is 5.92 Å². The predicted molar refractivity (Wildman–Crippen MR) is 76.4 cm³/mol. The Morgan fingerprint density at radius 2 is 1.82 bits per heavy atom. The maximum absolute atomic E-state index is 3.21. The van der Waals surface area contributed by atoms with Crippen LogP contribution in [-0.2, 0) is 0 Å². The highest BCUT2D eigenvalue weighted by Gasteiger charge is 2.31. The molecule has 0 saturated carbocycles. The summed E-state index contributed by atoms with van der Waals surface area (Å²) >= 11 is 0. The number of nitrogens with one attached hydrogen (secondary N) is 1. The highest BCUT2D eigenvalue weighted by atomic mass is 15.1. The maximum Gasteiger partial charge on any atom is 0.00151 e. The SMILES string of the molecule is CNCCCCCCN1CCC(C(C)(C)C)C1. The molecule has 0 spiro atoms. The number of rotatable bonds is 7. The molecule has 0 aliphatic carbocycles. The molecule has 17 heavy (non-hydrogen) atoms. The first kappa shape index (κ1) is 15.0. The molecule has 0 bridgehead atoms. The van der Waals surface area contributed by atoms with Gasteiger partial charge in [0, 0.05) is 6.54 Å². The average Bonchev–Trinajstić information content (AvgIpc) is 2.71. The highest BCUT2D eigenvalue weighted by molar-refractivity contribution is 4.83. The summed E-state index contributed by atoms with van der Waals surface area (Å²) in [5.41, 5.74) is 0.502. The Balaban J connectivity index is 2.02. The minimum atomic E-state index is 0.502. The smallest absolute Gasteiger partial charge is 0.00151 e. The van der Waals surface area contributed by atoms with E-state index in [4.69, 9.17) is 0 Å². The van der Waals surface area contributed by atoms with Crippen LogP contribution in [0.4, 0.5) is 0 Å². The minimum absolute atomic E-state index is 0.502. The summed E-state index contributed by atoms with van der Waals surface area (Å²) in [6.45, 7) is 12.3. The van der Waals surface area contributed by atoms with Crippen LogP contribution < -0.4 is 5.32 Å². The zero-order valence-electron chi connectivity index (χ0n) is 12.4. The molecule has 2 heteroatoms. The average molecular weight is 240 g/mol. The molecule has 1 aliphatic heterocycles. The number of unbranched alkanes of at least 4 members (excludes halogenated alkanes) is 3. The molecule has 0 aromatic rings. The van der Waals surface area contributed by atoms with Crippen molar-refractivity contribution in [3.05, 3.63) is 0 Å². The second-order valence-electron chi connectivity index (χ2n) is 6.67. The Morgan fingerprint density at radius 1 is 1.12 bits per heavy atom. The van der Waals surface area contributed by atoms with Gasteiger partial charge in [0.25, 0.3) is 0 Å². The van der Waals surface area contributed by atoms with Crippen LogP contribution in [0.3, 0.4) is 0 Å². The topological polar surface area (TPSA) is 15.3 Å². The van der Waals surface area contributed by atoms with E-state index < -0.39 is 0 Å². The molecule has 1 heterocycles. The largest absolute Gasteiger partial charge is 0.320 e. The Bertz CT molecular complexity index is 196. The van der Waals surface area contributed by atoms with Crippen LogP contribution in [0.1, 0.15) is 52.9 Å². The van der Waals surface area contributed by atoms with Gasteiger partial charge in [-0.1, -0.05) is 33.6 Å². The Morgan fingerprint density at radius 3 is 2.41 bits per heavy atom. The van der Waals surface area contributed by atoms with Gasteiger partial charge in [-0.05, 0) is 57.3 Å². The van der Waals surface area contributed by atoms with Crippen molar-refractivity contribution < 1.29 is 0 Å². The van der Waals surface area contributed by atoms with Crippen LogP contribution in [0.25, 0.3) is 0 Å². The van der Waals surface area contributed by atoms with Gasteiger partial charge in [0.1, 0.15) is 0 Å². The van der Waals surface area contributed by atoms with Crippen molar-refractivity contribution in [1.82, 2.24) is 10.2 Å². The molecule has 1 rings (SSSR count). The zero-order chi connectivity index (χ0) is 12.7. The van der Waals surface area contributed by atoms with Crippen LogP contribution in [0.15, 0.2) is 0 Å². The molecule has 0 aromatic carbocycles. The van der Waals surface area contributed by atoms with Crippen LogP contribution in [0.2, 0.25) is 0 Å². The van der Waals surface area contributed by atoms with Crippen LogP contribution >= 0.6 is 0 Å². The molecule has 1 atom stereocenters. The van der Waals surface area contributed by atoms with Crippen molar-refractivity contribution in [1.29, 1.82) is 0 Å². The van der Waals surface area contributed by atoms with E-state index in [1.807, 2.05) is 7.05 Å². The summed E-state index contributed by atoms with van der Waals surface area (Å²) in [5.74, 6) is 0.909. The van der Waals surface area contributed by atoms with E-state index in [1.54, 1.807) is 0 Å². The third-order valence-electron chi connectivity index (χ3n) is 4.15. The summed E-state index contributed by atoms with van der Waals surface area (Å²) in [5, 5.41) is 3.21. The molecule has 102 valence electrons. The second kappa shape index (κ2) is 7.38. The summed E-state index contributed by atoms with van der Waals surface area (Å²) in [7, 11) is 2.04. The van der Waals surface area contributed by atoms with Crippen LogP contribution in [-0.4, -0.2) is 38.1 Å². The zero-order valence-corrected chi connectivity index (χ0v) is 12.4. The molecule has 1 unspecified atom stereocenters. The van der Waals surface area contributed by atoms with Gasteiger partial charge in [-0.25, -0.2) is 0 Å². The van der Waals surface area contributed by atoms with Gasteiger partial charge in [-0.2, -0.15) is 0 Å². The monoisotopic (exact) mass is 240 g/mol. The van der Waals surface area contributed by atoms with Gasteiger partial charge in [0.05, 0.1) is 0 Å². The van der Waals surface area contributed by atoms with Crippen molar-refractivity contribution in [2.45, 2.75) is 52.9 Å². The molecule has 1 N–H and O–H groups in total. The van der Waals surface area contributed by atoms with E-state index >= 15 is 0 Å². The predicted octanol–water partition coefficient (Wildman–Crippen LogP) is 3.13. The molecule has 0 aromatic heterocycles. The minimum Gasteiger partial charge on any atom is -0.320 e. The Kier molecular flexibility index (Phi) is 6.50. The summed E-state index contributed by atoms with van der Waals surface area (Å²) in [6.07, 6.45) is 6.92. The maximum atomic E-state index is 3.21. The quantitative estimate of drug-likeness (QED) is 0.688. The third kappa shape index (κ3) is 5.87. The van der Waals surface area contributed by atoms with E-state index in [-0.39, 0.29) is 0 Å². The molecular formula is C15H32N2. The lowest BCUT2D eigenvalue weighted by Gasteiger charge is -2.27. The Hall–Kier alpha value is -0.0800. The summed E-state index contributed by atoms with van der Waals surface area (Å²) in [4.78, 5) is 2.67. The second-order valence-corrected chi connectivity index (χ2v) is 6.67. The van der Waals surface area contributed by atoms with E-state index in [2.05, 4.69) is 31.0 Å². The van der Waals surface area contributed by atoms with Gasteiger partial charge in [-0.3, -0.25) is 0 Å². The first-order chi connectivity index (χ1) is 8.04. The number of hydrogen-bond acceptors (Lipinski definition) is 2. The number of nitrogens with zero attached hydrogens (tertiary/aromatic N) is 1. The normalized spacial score (nSPS) is 22.2. The molecule has 1 saturated heterocycles. The third-order valence-corrected chi connectivity index (χ3v) is 4.15. The summed E-state index contributed by atoms with van der Waals surface area (Å²) < 4.78 is 0. The van der Waals surface area contributed by atoms with Gasteiger partial charge < -0.3 is 10.2 Å². The summed E-state index contributed by atoms with van der Waals surface area (Å²) in [6, 6.07) is 0. The van der Waals surface area contributed by atoms with Crippen molar-refractivity contribution in [2.75, 3.05) is 33.2 Å². The van der Waals surface area contributed by atoms with Crippen molar-refractivity contribution in [3.63, 3.8) is 0 Å². The van der Waals surface area contributed by atoms with Crippen molar-refractivity contribution >= 4 is 0 Å². The lowest BCUT2D eigenvalue weighted by molar-refractivity contribution is 0.227. The van der Waals surface area contributed by atoms with Crippen LogP contribution in [0, 0.1) is 11.3 Å². The first-order valence-electron chi connectivity index (χ1n) is 7.41. The fourth-order valence-electron chi connectivity index (χ4n) is 2.73. The molecule has 1 aliphatic rings. The van der Waals surface area contributed by atoms with Gasteiger partial charge in [0.15, 0.2) is 0 Å². The van der Waals surface area contributed by atoms with Crippen molar-refractivity contribution in [3.8, 4) is 0 Å². The highest BCUT2D eigenvalue weighted by Crippen LogP contribution is 2.33. The molecule has 0 amide bonds. The standard InChI is InChI=1S/C15H32N2/c1-15(2,3)14-9-12-17(13-14)11-8-6-5-7-10-16-4/h14,16H,5-13H2,1-4H3. The lowest BCUT2D eigenvalue weighted by atomic mass is 9.80.